The van der Waals surface area contributed by atoms with Gasteiger partial charge in [0.05, 0.1) is 17.2 Å². The fraction of sp³-hybridized carbons (Fsp3) is 0.500. The van der Waals surface area contributed by atoms with Gasteiger partial charge < -0.3 is 0 Å². The van der Waals surface area contributed by atoms with Crippen LogP contribution in [0.25, 0.3) is 0 Å². The Kier molecular flexibility index (Phi) is 2.03. The van der Waals surface area contributed by atoms with Crippen LogP contribution in [-0.4, -0.2) is 4.98 Å². The quantitative estimate of drug-likeness (QED) is 0.712. The van der Waals surface area contributed by atoms with Crippen LogP contribution in [0.1, 0.15) is 43.9 Å². The van der Waals surface area contributed by atoms with Gasteiger partial charge in [-0.05, 0) is 36.5 Å². The summed E-state index contributed by atoms with van der Waals surface area (Å²) in [5.41, 5.74) is 1.99. The Hall–Kier alpha value is -1.36. The number of aromatic nitrogens is 1. The van der Waals surface area contributed by atoms with E-state index in [9.17, 15) is 0 Å². The van der Waals surface area contributed by atoms with Gasteiger partial charge in [0, 0.05) is 6.20 Å². The lowest BCUT2D eigenvalue weighted by atomic mass is 9.98. The molecule has 0 bridgehead atoms. The van der Waals surface area contributed by atoms with E-state index in [0.29, 0.717) is 5.92 Å². The van der Waals surface area contributed by atoms with Crippen LogP contribution in [0.3, 0.4) is 0 Å². The van der Waals surface area contributed by atoms with Crippen molar-refractivity contribution in [1.82, 2.24) is 4.98 Å². The van der Waals surface area contributed by atoms with Crippen LogP contribution in [0.2, 0.25) is 0 Å². The second kappa shape index (κ2) is 3.09. The molecule has 0 atom stereocenters. The summed E-state index contributed by atoms with van der Waals surface area (Å²) in [4.78, 5) is 4.30. The van der Waals surface area contributed by atoms with Crippen LogP contribution in [0, 0.1) is 11.3 Å². The summed E-state index contributed by atoms with van der Waals surface area (Å²) in [6, 6.07) is 6.49. The fourth-order valence-electron chi connectivity index (χ4n) is 1.62. The molecule has 1 aliphatic rings. The molecule has 0 saturated heterocycles. The molecule has 1 fully saturated rings. The number of nitrogens with zero attached hydrogens (tertiary/aromatic N) is 2. The van der Waals surface area contributed by atoms with Crippen molar-refractivity contribution in [2.45, 2.75) is 38.0 Å². The molecule has 2 heteroatoms. The topological polar surface area (TPSA) is 36.7 Å². The van der Waals surface area contributed by atoms with Crippen molar-refractivity contribution < 1.29 is 0 Å². The minimum Gasteiger partial charge on any atom is -0.260 e. The summed E-state index contributed by atoms with van der Waals surface area (Å²) in [6.07, 6.45) is 3.76. The van der Waals surface area contributed by atoms with E-state index in [1.807, 2.05) is 12.3 Å². The van der Waals surface area contributed by atoms with Crippen molar-refractivity contribution in [3.8, 4) is 6.07 Å². The number of pyridine rings is 1. The molecule has 0 spiro atoms. The molecule has 1 aromatic heterocycles. The Morgan fingerprint density at radius 3 is 2.71 bits per heavy atom. The molecule has 0 radical (unpaired) electrons. The molecule has 0 aliphatic heterocycles. The SMILES string of the molecule is CC(C)c1ccnc(C2(C#N)CC2)c1. The average molecular weight is 186 g/mol. The standard InChI is InChI=1S/C12H14N2/c1-9(2)10-3-6-14-11(7-10)12(8-13)4-5-12/h3,6-7,9H,4-5H2,1-2H3. The number of nitriles is 1. The second-order valence-electron chi connectivity index (χ2n) is 4.32. The third kappa shape index (κ3) is 1.39. The van der Waals surface area contributed by atoms with Gasteiger partial charge in [0.15, 0.2) is 0 Å². The highest BCUT2D eigenvalue weighted by Gasteiger charge is 2.46. The summed E-state index contributed by atoms with van der Waals surface area (Å²) in [6.45, 7) is 4.32. The summed E-state index contributed by atoms with van der Waals surface area (Å²) >= 11 is 0. The van der Waals surface area contributed by atoms with Gasteiger partial charge in [-0.15, -0.1) is 0 Å². The lowest BCUT2D eigenvalue weighted by molar-refractivity contribution is 0.817. The maximum absolute atomic E-state index is 9.05. The molecule has 1 aromatic rings. The van der Waals surface area contributed by atoms with Crippen molar-refractivity contribution in [2.75, 3.05) is 0 Å². The molecule has 2 nitrogen and oxygen atoms in total. The minimum atomic E-state index is -0.245. The molecular weight excluding hydrogens is 172 g/mol. The Bertz CT molecular complexity index is 384. The van der Waals surface area contributed by atoms with Gasteiger partial charge in [0.1, 0.15) is 0 Å². The van der Waals surface area contributed by atoms with Crippen molar-refractivity contribution in [3.63, 3.8) is 0 Å². The highest BCUT2D eigenvalue weighted by Crippen LogP contribution is 2.46. The largest absolute Gasteiger partial charge is 0.260 e. The van der Waals surface area contributed by atoms with Crippen molar-refractivity contribution in [3.05, 3.63) is 29.6 Å². The normalized spacial score (nSPS) is 17.9. The van der Waals surface area contributed by atoms with E-state index in [4.69, 9.17) is 5.26 Å². The maximum atomic E-state index is 9.05. The maximum Gasteiger partial charge on any atom is 0.0994 e. The predicted molar refractivity (Wildman–Crippen MR) is 54.9 cm³/mol. The predicted octanol–water partition coefficient (Wildman–Crippen LogP) is 2.76. The van der Waals surface area contributed by atoms with Crippen LogP contribution in [0.5, 0.6) is 0 Å². The lowest BCUT2D eigenvalue weighted by Gasteiger charge is -2.09. The van der Waals surface area contributed by atoms with Gasteiger partial charge in [-0.25, -0.2) is 0 Å². The summed E-state index contributed by atoms with van der Waals surface area (Å²) in [5.74, 6) is 0.506. The summed E-state index contributed by atoms with van der Waals surface area (Å²) < 4.78 is 0. The average Bonchev–Trinajstić information content (AvgIpc) is 2.98. The number of hydrogen-bond donors (Lipinski definition) is 0. The van der Waals surface area contributed by atoms with Gasteiger partial charge in [0.2, 0.25) is 0 Å². The van der Waals surface area contributed by atoms with E-state index in [-0.39, 0.29) is 5.41 Å². The monoisotopic (exact) mass is 186 g/mol. The van der Waals surface area contributed by atoms with Crippen molar-refractivity contribution >= 4 is 0 Å². The molecule has 1 aliphatic carbocycles. The molecule has 0 amide bonds. The van der Waals surface area contributed by atoms with Gasteiger partial charge in [-0.3, -0.25) is 4.98 Å². The molecule has 1 heterocycles. The van der Waals surface area contributed by atoms with Crippen LogP contribution >= 0.6 is 0 Å². The van der Waals surface area contributed by atoms with Crippen molar-refractivity contribution in [2.24, 2.45) is 0 Å². The van der Waals surface area contributed by atoms with Crippen LogP contribution in [0.15, 0.2) is 18.3 Å². The first kappa shape index (κ1) is 9.21. The smallest absolute Gasteiger partial charge is 0.0994 e. The Labute approximate surface area is 84.6 Å². The van der Waals surface area contributed by atoms with E-state index < -0.39 is 0 Å². The van der Waals surface area contributed by atoms with Gasteiger partial charge in [-0.1, -0.05) is 13.8 Å². The van der Waals surface area contributed by atoms with E-state index >= 15 is 0 Å². The third-order valence-corrected chi connectivity index (χ3v) is 2.90. The fourth-order valence-corrected chi connectivity index (χ4v) is 1.62. The molecule has 14 heavy (non-hydrogen) atoms. The lowest BCUT2D eigenvalue weighted by Crippen LogP contribution is -2.06. The van der Waals surface area contributed by atoms with Gasteiger partial charge in [0.25, 0.3) is 0 Å². The number of hydrogen-bond acceptors (Lipinski definition) is 2. The Morgan fingerprint density at radius 1 is 1.50 bits per heavy atom. The zero-order valence-electron chi connectivity index (χ0n) is 8.62. The van der Waals surface area contributed by atoms with Gasteiger partial charge >= 0.3 is 0 Å². The first-order chi connectivity index (χ1) is 6.68. The zero-order valence-corrected chi connectivity index (χ0v) is 8.62. The van der Waals surface area contributed by atoms with Crippen LogP contribution < -0.4 is 0 Å². The van der Waals surface area contributed by atoms with E-state index in [2.05, 4.69) is 31.0 Å². The minimum absolute atomic E-state index is 0.245. The van der Waals surface area contributed by atoms with E-state index in [0.717, 1.165) is 18.5 Å². The Balaban J connectivity index is 2.37. The zero-order chi connectivity index (χ0) is 10.2. The molecule has 0 N–H and O–H groups in total. The summed E-state index contributed by atoms with van der Waals surface area (Å²) in [7, 11) is 0. The van der Waals surface area contributed by atoms with Gasteiger partial charge in [-0.2, -0.15) is 5.26 Å². The van der Waals surface area contributed by atoms with E-state index in [1.165, 1.54) is 5.56 Å². The highest BCUT2D eigenvalue weighted by atomic mass is 14.7. The highest BCUT2D eigenvalue weighted by molar-refractivity contribution is 5.36. The first-order valence-electron chi connectivity index (χ1n) is 5.06. The third-order valence-electron chi connectivity index (χ3n) is 2.90. The first-order valence-corrected chi connectivity index (χ1v) is 5.06. The molecule has 2 rings (SSSR count). The van der Waals surface area contributed by atoms with Crippen LogP contribution in [0.4, 0.5) is 0 Å². The van der Waals surface area contributed by atoms with E-state index in [1.54, 1.807) is 0 Å². The molecule has 0 unspecified atom stereocenters. The summed E-state index contributed by atoms with van der Waals surface area (Å²) in [5, 5.41) is 9.05. The molecule has 0 aromatic carbocycles. The Morgan fingerprint density at radius 2 is 2.21 bits per heavy atom. The van der Waals surface area contributed by atoms with Crippen LogP contribution in [-0.2, 0) is 5.41 Å². The van der Waals surface area contributed by atoms with Crippen molar-refractivity contribution in [1.29, 1.82) is 5.26 Å². The molecular formula is C12H14N2. The molecule has 1 saturated carbocycles. The molecule has 72 valence electrons. The second-order valence-corrected chi connectivity index (χ2v) is 4.32. The number of rotatable bonds is 2.